The van der Waals surface area contributed by atoms with Crippen LogP contribution in [-0.4, -0.2) is 25.5 Å². The molecule has 0 unspecified atom stereocenters. The fraction of sp³-hybridized carbons (Fsp3) is 0.136. The Labute approximate surface area is 192 Å². The van der Waals surface area contributed by atoms with Gasteiger partial charge in [-0.3, -0.25) is 9.48 Å². The van der Waals surface area contributed by atoms with Gasteiger partial charge in [0.2, 0.25) is 0 Å². The monoisotopic (exact) mass is 499 g/mol. The Kier molecular flexibility index (Phi) is 6.39. The summed E-state index contributed by atoms with van der Waals surface area (Å²) in [5.74, 6) is 0.696. The number of aryl methyl sites for hydroxylation is 1. The van der Waals surface area contributed by atoms with E-state index in [2.05, 4.69) is 55.7 Å². The molecule has 0 radical (unpaired) electrons. The summed E-state index contributed by atoms with van der Waals surface area (Å²) in [6, 6.07) is 16.9. The molecule has 0 aliphatic carbocycles. The molecule has 0 bridgehead atoms. The normalized spacial score (nSPS) is 10.8. The SMILES string of the molecule is Cc1ccc(Cn2cc(Br)c(NC(=O)c3ccn(COc4cccc(Cl)c4)n3)n2)cc1. The predicted molar refractivity (Wildman–Crippen MR) is 122 cm³/mol. The summed E-state index contributed by atoms with van der Waals surface area (Å²) >= 11 is 9.40. The third-order valence-electron chi connectivity index (χ3n) is 4.45. The summed E-state index contributed by atoms with van der Waals surface area (Å²) in [5.41, 5.74) is 2.59. The van der Waals surface area contributed by atoms with Crippen molar-refractivity contribution in [2.75, 3.05) is 5.32 Å². The molecule has 9 heteroatoms. The van der Waals surface area contributed by atoms with Crippen LogP contribution in [0.4, 0.5) is 5.82 Å². The van der Waals surface area contributed by atoms with Gasteiger partial charge in [0.25, 0.3) is 5.91 Å². The van der Waals surface area contributed by atoms with Crippen molar-refractivity contribution in [3.63, 3.8) is 0 Å². The van der Waals surface area contributed by atoms with Gasteiger partial charge in [0.1, 0.15) is 5.75 Å². The zero-order valence-electron chi connectivity index (χ0n) is 16.6. The van der Waals surface area contributed by atoms with Crippen LogP contribution >= 0.6 is 27.5 Å². The molecule has 4 aromatic rings. The summed E-state index contributed by atoms with van der Waals surface area (Å²) in [6.07, 6.45) is 3.50. The molecular formula is C22H19BrClN5O2. The Morgan fingerprint density at radius 2 is 1.94 bits per heavy atom. The standard InChI is InChI=1S/C22H19BrClN5O2/c1-15-5-7-16(8-6-15)12-29-13-19(23)21(27-29)25-22(30)20-9-10-28(26-20)14-31-18-4-2-3-17(24)11-18/h2-11,13H,12,14H2,1H3,(H,25,27,30). The molecule has 2 aromatic heterocycles. The van der Waals surface area contributed by atoms with Crippen LogP contribution in [-0.2, 0) is 13.3 Å². The number of hydrogen-bond donors (Lipinski definition) is 1. The van der Waals surface area contributed by atoms with Crippen LogP contribution in [0.25, 0.3) is 0 Å². The highest BCUT2D eigenvalue weighted by atomic mass is 79.9. The van der Waals surface area contributed by atoms with E-state index in [-0.39, 0.29) is 18.3 Å². The van der Waals surface area contributed by atoms with Crippen molar-refractivity contribution in [1.29, 1.82) is 0 Å². The van der Waals surface area contributed by atoms with Crippen LogP contribution in [0.1, 0.15) is 21.6 Å². The van der Waals surface area contributed by atoms with E-state index in [1.165, 1.54) is 10.2 Å². The van der Waals surface area contributed by atoms with Crippen molar-refractivity contribution in [2.45, 2.75) is 20.2 Å². The van der Waals surface area contributed by atoms with Crippen LogP contribution in [0.2, 0.25) is 5.02 Å². The second-order valence-corrected chi connectivity index (χ2v) is 8.22. The molecule has 4 rings (SSSR count). The van der Waals surface area contributed by atoms with Crippen LogP contribution in [0.15, 0.2) is 71.5 Å². The molecule has 7 nitrogen and oxygen atoms in total. The number of anilines is 1. The number of carbonyl (C=O) groups excluding carboxylic acids is 1. The Morgan fingerprint density at radius 3 is 2.71 bits per heavy atom. The van der Waals surface area contributed by atoms with E-state index in [0.29, 0.717) is 27.6 Å². The zero-order chi connectivity index (χ0) is 21.8. The number of nitrogens with one attached hydrogen (secondary N) is 1. The van der Waals surface area contributed by atoms with Crippen molar-refractivity contribution in [3.8, 4) is 5.75 Å². The number of aromatic nitrogens is 4. The van der Waals surface area contributed by atoms with Crippen molar-refractivity contribution < 1.29 is 9.53 Å². The third-order valence-corrected chi connectivity index (χ3v) is 5.26. The first-order valence-corrected chi connectivity index (χ1v) is 10.6. The maximum atomic E-state index is 12.6. The van der Waals surface area contributed by atoms with E-state index in [0.717, 1.165) is 5.56 Å². The lowest BCUT2D eigenvalue weighted by molar-refractivity contribution is 0.101. The average Bonchev–Trinajstić information content (AvgIpc) is 3.35. The van der Waals surface area contributed by atoms with E-state index in [1.807, 2.05) is 13.1 Å². The molecule has 0 spiro atoms. The second kappa shape index (κ2) is 9.36. The molecule has 1 N–H and O–H groups in total. The van der Waals surface area contributed by atoms with E-state index in [4.69, 9.17) is 16.3 Å². The molecule has 31 heavy (non-hydrogen) atoms. The number of halogens is 2. The predicted octanol–water partition coefficient (Wildman–Crippen LogP) is 5.14. The van der Waals surface area contributed by atoms with Crippen LogP contribution in [0.3, 0.4) is 0 Å². The summed E-state index contributed by atoms with van der Waals surface area (Å²) in [6.45, 7) is 2.80. The maximum Gasteiger partial charge on any atom is 0.277 e. The van der Waals surface area contributed by atoms with Gasteiger partial charge in [-0.1, -0.05) is 47.5 Å². The van der Waals surface area contributed by atoms with E-state index in [9.17, 15) is 4.79 Å². The molecule has 0 aliphatic heterocycles. The molecule has 1 amide bonds. The molecule has 0 saturated heterocycles. The van der Waals surface area contributed by atoms with Crippen LogP contribution in [0.5, 0.6) is 5.75 Å². The van der Waals surface area contributed by atoms with Gasteiger partial charge in [-0.2, -0.15) is 10.2 Å². The summed E-state index contributed by atoms with van der Waals surface area (Å²) < 4.78 is 9.62. The number of carbonyl (C=O) groups is 1. The van der Waals surface area contributed by atoms with Gasteiger partial charge in [-0.25, -0.2) is 4.68 Å². The van der Waals surface area contributed by atoms with E-state index < -0.39 is 0 Å². The first kappa shape index (κ1) is 21.1. The average molecular weight is 501 g/mol. The van der Waals surface area contributed by atoms with Gasteiger partial charge in [0, 0.05) is 17.4 Å². The van der Waals surface area contributed by atoms with Crippen molar-refractivity contribution in [1.82, 2.24) is 19.6 Å². The molecule has 0 atom stereocenters. The van der Waals surface area contributed by atoms with Gasteiger partial charge >= 0.3 is 0 Å². The minimum Gasteiger partial charge on any atom is -0.471 e. The van der Waals surface area contributed by atoms with Crippen LogP contribution < -0.4 is 10.1 Å². The van der Waals surface area contributed by atoms with Crippen molar-refractivity contribution in [3.05, 3.63) is 93.3 Å². The fourth-order valence-corrected chi connectivity index (χ4v) is 3.46. The quantitative estimate of drug-likeness (QED) is 0.381. The first-order valence-electron chi connectivity index (χ1n) is 9.48. The maximum absolute atomic E-state index is 12.6. The molecule has 0 saturated carbocycles. The lowest BCUT2D eigenvalue weighted by Gasteiger charge is -2.06. The number of hydrogen-bond acceptors (Lipinski definition) is 4. The molecular weight excluding hydrogens is 482 g/mol. The van der Waals surface area contributed by atoms with E-state index >= 15 is 0 Å². The third kappa shape index (κ3) is 5.53. The molecule has 0 aliphatic rings. The highest BCUT2D eigenvalue weighted by Gasteiger charge is 2.15. The second-order valence-electron chi connectivity index (χ2n) is 6.93. The fourth-order valence-electron chi connectivity index (χ4n) is 2.87. The van der Waals surface area contributed by atoms with Crippen molar-refractivity contribution in [2.24, 2.45) is 0 Å². The number of amides is 1. The van der Waals surface area contributed by atoms with Gasteiger partial charge in [0.05, 0.1) is 11.0 Å². The summed E-state index contributed by atoms with van der Waals surface area (Å²) in [7, 11) is 0. The topological polar surface area (TPSA) is 74.0 Å². The first-order chi connectivity index (χ1) is 15.0. The van der Waals surface area contributed by atoms with Gasteiger partial charge in [-0.05, 0) is 52.7 Å². The van der Waals surface area contributed by atoms with Crippen LogP contribution in [0, 0.1) is 6.92 Å². The number of benzene rings is 2. The zero-order valence-corrected chi connectivity index (χ0v) is 19.0. The Hall–Kier alpha value is -3.10. The highest BCUT2D eigenvalue weighted by Crippen LogP contribution is 2.22. The minimum absolute atomic E-state index is 0.155. The number of rotatable bonds is 7. The van der Waals surface area contributed by atoms with Gasteiger partial charge < -0.3 is 10.1 Å². The van der Waals surface area contributed by atoms with Gasteiger partial charge in [0.15, 0.2) is 18.2 Å². The number of ether oxygens (including phenoxy) is 1. The highest BCUT2D eigenvalue weighted by molar-refractivity contribution is 9.10. The Morgan fingerprint density at radius 1 is 1.13 bits per heavy atom. The lowest BCUT2D eigenvalue weighted by Crippen LogP contribution is -2.15. The molecule has 2 aromatic carbocycles. The lowest BCUT2D eigenvalue weighted by atomic mass is 10.1. The Bertz CT molecular complexity index is 1200. The summed E-state index contributed by atoms with van der Waals surface area (Å²) in [5, 5.41) is 12.1. The smallest absolute Gasteiger partial charge is 0.277 e. The molecule has 0 fully saturated rings. The molecule has 2 heterocycles. The van der Waals surface area contributed by atoms with Gasteiger partial charge in [-0.15, -0.1) is 0 Å². The number of nitrogens with zero attached hydrogens (tertiary/aromatic N) is 4. The Balaban J connectivity index is 1.37. The van der Waals surface area contributed by atoms with E-state index in [1.54, 1.807) is 41.2 Å². The minimum atomic E-state index is -0.359. The summed E-state index contributed by atoms with van der Waals surface area (Å²) in [4.78, 5) is 12.6. The molecule has 158 valence electrons. The van der Waals surface area contributed by atoms with Crippen molar-refractivity contribution >= 4 is 39.3 Å². The largest absolute Gasteiger partial charge is 0.471 e.